The number of halogens is 2. The van der Waals surface area contributed by atoms with Crippen LogP contribution in [0.5, 0.6) is 0 Å². The number of nitrogens with two attached hydrogens (primary N) is 1. The first-order valence-electron chi connectivity index (χ1n) is 6.02. The average molecular weight is 276 g/mol. The average Bonchev–Trinajstić information content (AvgIpc) is 2.38. The van der Waals surface area contributed by atoms with Crippen LogP contribution in [0.25, 0.3) is 0 Å². The predicted octanol–water partition coefficient (Wildman–Crippen LogP) is 3.42. The fourth-order valence-electron chi connectivity index (χ4n) is 1.93. The van der Waals surface area contributed by atoms with Gasteiger partial charge in [-0.25, -0.2) is 8.78 Å². The van der Waals surface area contributed by atoms with Crippen molar-refractivity contribution in [3.05, 3.63) is 58.7 Å². The van der Waals surface area contributed by atoms with E-state index in [1.54, 1.807) is 13.0 Å². The Hall–Kier alpha value is -2.43. The molecule has 3 N–H and O–H groups in total. The molecule has 3 nitrogen and oxygen atoms in total. The summed E-state index contributed by atoms with van der Waals surface area (Å²) in [7, 11) is 0. The number of amides is 1. The fourth-order valence-corrected chi connectivity index (χ4v) is 1.93. The first-order chi connectivity index (χ1) is 9.40. The van der Waals surface area contributed by atoms with E-state index in [4.69, 9.17) is 5.73 Å². The van der Waals surface area contributed by atoms with E-state index < -0.39 is 17.5 Å². The van der Waals surface area contributed by atoms with E-state index in [9.17, 15) is 13.6 Å². The second-order valence-corrected chi connectivity index (χ2v) is 4.59. The molecular weight excluding hydrogens is 262 g/mol. The molecule has 0 unspecified atom stereocenters. The number of para-hydroxylation sites is 1. The molecule has 0 saturated heterocycles. The van der Waals surface area contributed by atoms with Crippen molar-refractivity contribution in [3.8, 4) is 0 Å². The molecule has 0 spiro atoms. The molecule has 2 aromatic carbocycles. The van der Waals surface area contributed by atoms with Crippen molar-refractivity contribution in [2.75, 3.05) is 11.1 Å². The Morgan fingerprint density at radius 3 is 2.50 bits per heavy atom. The van der Waals surface area contributed by atoms with Crippen LogP contribution in [0.15, 0.2) is 30.3 Å². The number of carbonyl (C=O) groups excluding carboxylic acids is 1. The molecule has 0 fully saturated rings. The standard InChI is InChI=1S/C15H14F2N2O/c1-8-4-3-5-12(16)14(8)19-15(20)11-7-10(18)6-9(2)13(11)17/h3-7H,18H2,1-2H3,(H,19,20). The molecule has 5 heteroatoms. The molecule has 0 aliphatic heterocycles. The van der Waals surface area contributed by atoms with Gasteiger partial charge < -0.3 is 11.1 Å². The number of nitrogen functional groups attached to an aromatic ring is 1. The minimum atomic E-state index is -0.730. The lowest BCUT2D eigenvalue weighted by Crippen LogP contribution is -2.16. The Morgan fingerprint density at radius 2 is 1.85 bits per heavy atom. The molecule has 2 rings (SSSR count). The summed E-state index contributed by atoms with van der Waals surface area (Å²) >= 11 is 0. The smallest absolute Gasteiger partial charge is 0.258 e. The molecule has 0 heterocycles. The monoisotopic (exact) mass is 276 g/mol. The van der Waals surface area contributed by atoms with E-state index in [1.165, 1.54) is 31.2 Å². The highest BCUT2D eigenvalue weighted by molar-refractivity contribution is 6.05. The maximum Gasteiger partial charge on any atom is 0.258 e. The summed E-state index contributed by atoms with van der Waals surface area (Å²) in [6.45, 7) is 3.16. The number of anilines is 2. The minimum Gasteiger partial charge on any atom is -0.399 e. The van der Waals surface area contributed by atoms with Crippen molar-refractivity contribution in [1.29, 1.82) is 0 Å². The molecular formula is C15H14F2N2O. The molecule has 0 aliphatic carbocycles. The Balaban J connectivity index is 2.39. The van der Waals surface area contributed by atoms with Crippen LogP contribution in [-0.4, -0.2) is 5.91 Å². The third-order valence-electron chi connectivity index (χ3n) is 2.98. The zero-order valence-corrected chi connectivity index (χ0v) is 11.1. The van der Waals surface area contributed by atoms with E-state index in [1.807, 2.05) is 0 Å². The summed E-state index contributed by atoms with van der Waals surface area (Å²) in [6, 6.07) is 7.07. The van der Waals surface area contributed by atoms with Gasteiger partial charge in [-0.3, -0.25) is 4.79 Å². The molecule has 0 saturated carbocycles. The highest BCUT2D eigenvalue weighted by Gasteiger charge is 2.17. The summed E-state index contributed by atoms with van der Waals surface area (Å²) in [6.07, 6.45) is 0. The molecule has 0 bridgehead atoms. The maximum atomic E-state index is 13.9. The number of benzene rings is 2. The molecule has 104 valence electrons. The van der Waals surface area contributed by atoms with Gasteiger partial charge in [0.15, 0.2) is 0 Å². The van der Waals surface area contributed by atoms with Gasteiger partial charge in [0.25, 0.3) is 5.91 Å². The lowest BCUT2D eigenvalue weighted by Gasteiger charge is -2.11. The van der Waals surface area contributed by atoms with Gasteiger partial charge in [-0.05, 0) is 43.2 Å². The number of carbonyl (C=O) groups is 1. The summed E-state index contributed by atoms with van der Waals surface area (Å²) in [4.78, 5) is 12.1. The second kappa shape index (κ2) is 5.28. The van der Waals surface area contributed by atoms with Gasteiger partial charge in [-0.1, -0.05) is 12.1 Å². The van der Waals surface area contributed by atoms with Gasteiger partial charge in [-0.15, -0.1) is 0 Å². The van der Waals surface area contributed by atoms with Crippen LogP contribution in [0.2, 0.25) is 0 Å². The van der Waals surface area contributed by atoms with Gasteiger partial charge in [-0.2, -0.15) is 0 Å². The van der Waals surface area contributed by atoms with Gasteiger partial charge in [0.2, 0.25) is 0 Å². The van der Waals surface area contributed by atoms with Crippen molar-refractivity contribution in [2.24, 2.45) is 0 Å². The highest BCUT2D eigenvalue weighted by atomic mass is 19.1. The quantitative estimate of drug-likeness (QED) is 0.826. The molecule has 0 aliphatic rings. The number of hydrogen-bond donors (Lipinski definition) is 2. The Labute approximate surface area is 115 Å². The van der Waals surface area contributed by atoms with Crippen molar-refractivity contribution in [2.45, 2.75) is 13.8 Å². The van der Waals surface area contributed by atoms with Crippen LogP contribution in [0, 0.1) is 25.5 Å². The van der Waals surface area contributed by atoms with Crippen molar-refractivity contribution in [1.82, 2.24) is 0 Å². The summed E-state index contributed by atoms with van der Waals surface area (Å²) < 4.78 is 27.6. The van der Waals surface area contributed by atoms with E-state index in [0.717, 1.165) is 0 Å². The number of aryl methyl sites for hydroxylation is 2. The van der Waals surface area contributed by atoms with E-state index in [2.05, 4.69) is 5.32 Å². The zero-order valence-electron chi connectivity index (χ0n) is 11.1. The van der Waals surface area contributed by atoms with Gasteiger partial charge in [0.1, 0.15) is 11.6 Å². The van der Waals surface area contributed by atoms with Crippen LogP contribution >= 0.6 is 0 Å². The lowest BCUT2D eigenvalue weighted by molar-refractivity contribution is 0.102. The lowest BCUT2D eigenvalue weighted by atomic mass is 10.1. The third kappa shape index (κ3) is 2.61. The molecule has 1 amide bonds. The predicted molar refractivity (Wildman–Crippen MR) is 74.6 cm³/mol. The Kier molecular flexibility index (Phi) is 3.70. The fraction of sp³-hybridized carbons (Fsp3) is 0.133. The van der Waals surface area contributed by atoms with Crippen molar-refractivity contribution in [3.63, 3.8) is 0 Å². The molecule has 20 heavy (non-hydrogen) atoms. The topological polar surface area (TPSA) is 55.1 Å². The van der Waals surface area contributed by atoms with Crippen LogP contribution in [0.3, 0.4) is 0 Å². The normalized spacial score (nSPS) is 10.4. The van der Waals surface area contributed by atoms with Crippen LogP contribution in [0.4, 0.5) is 20.2 Å². The van der Waals surface area contributed by atoms with Crippen LogP contribution in [-0.2, 0) is 0 Å². The Bertz CT molecular complexity index is 664. The van der Waals surface area contributed by atoms with Gasteiger partial charge in [0.05, 0.1) is 11.3 Å². The van der Waals surface area contributed by atoms with E-state index >= 15 is 0 Å². The number of rotatable bonds is 2. The number of nitrogens with one attached hydrogen (secondary N) is 1. The van der Waals surface area contributed by atoms with E-state index in [0.29, 0.717) is 5.56 Å². The molecule has 0 aromatic heterocycles. The first kappa shape index (κ1) is 14.0. The minimum absolute atomic E-state index is 0.0389. The second-order valence-electron chi connectivity index (χ2n) is 4.59. The van der Waals surface area contributed by atoms with Gasteiger partial charge in [0, 0.05) is 5.69 Å². The maximum absolute atomic E-state index is 13.9. The summed E-state index contributed by atoms with van der Waals surface area (Å²) in [5.74, 6) is -1.96. The SMILES string of the molecule is Cc1cc(N)cc(C(=O)Nc2c(C)cccc2F)c1F. The molecule has 0 radical (unpaired) electrons. The third-order valence-corrected chi connectivity index (χ3v) is 2.98. The van der Waals surface area contributed by atoms with Crippen LogP contribution in [0.1, 0.15) is 21.5 Å². The molecule has 0 atom stereocenters. The summed E-state index contributed by atoms with van der Waals surface area (Å²) in [5.41, 5.74) is 6.53. The highest BCUT2D eigenvalue weighted by Crippen LogP contribution is 2.22. The number of hydrogen-bond acceptors (Lipinski definition) is 2. The zero-order chi connectivity index (χ0) is 14.9. The summed E-state index contributed by atoms with van der Waals surface area (Å²) in [5, 5.41) is 2.38. The molecule has 2 aromatic rings. The van der Waals surface area contributed by atoms with Crippen molar-refractivity contribution >= 4 is 17.3 Å². The largest absolute Gasteiger partial charge is 0.399 e. The first-order valence-corrected chi connectivity index (χ1v) is 6.02. The van der Waals surface area contributed by atoms with Gasteiger partial charge >= 0.3 is 0 Å². The van der Waals surface area contributed by atoms with Crippen LogP contribution < -0.4 is 11.1 Å². The Morgan fingerprint density at radius 1 is 1.15 bits per heavy atom. The van der Waals surface area contributed by atoms with Crippen molar-refractivity contribution < 1.29 is 13.6 Å². The van der Waals surface area contributed by atoms with E-state index in [-0.39, 0.29) is 22.5 Å².